The number of rotatable bonds is 3. The van der Waals surface area contributed by atoms with E-state index in [0.29, 0.717) is 5.92 Å². The number of aliphatic hydroxyl groups excluding tert-OH is 1. The molecule has 1 N–H and O–H groups in total. The fourth-order valence-corrected chi connectivity index (χ4v) is 2.21. The van der Waals surface area contributed by atoms with Crippen LogP contribution < -0.4 is 0 Å². The molecule has 1 heterocycles. The third-order valence-electron chi connectivity index (χ3n) is 3.60. The zero-order chi connectivity index (χ0) is 11.8. The van der Waals surface area contributed by atoms with Crippen molar-refractivity contribution in [2.24, 2.45) is 0 Å². The molecule has 0 bridgehead atoms. The van der Waals surface area contributed by atoms with Crippen LogP contribution in [-0.4, -0.2) is 36.8 Å². The highest BCUT2D eigenvalue weighted by molar-refractivity contribution is 5.32. The third-order valence-corrected chi connectivity index (χ3v) is 3.60. The van der Waals surface area contributed by atoms with E-state index in [-0.39, 0.29) is 12.0 Å². The topological polar surface area (TPSA) is 23.5 Å². The largest absolute Gasteiger partial charge is 0.395 e. The van der Waals surface area contributed by atoms with Crippen molar-refractivity contribution in [2.45, 2.75) is 25.2 Å². The van der Waals surface area contributed by atoms with Crippen molar-refractivity contribution in [3.8, 4) is 0 Å². The van der Waals surface area contributed by atoms with Crippen molar-refractivity contribution in [3.05, 3.63) is 35.4 Å². The monoisotopic (exact) mass is 219 g/mol. The Bertz CT molecular complexity index is 367. The molecule has 2 nitrogen and oxygen atoms in total. The van der Waals surface area contributed by atoms with Crippen molar-refractivity contribution in [3.63, 3.8) is 0 Å². The number of likely N-dealkylation sites (tertiary alicyclic amines) is 1. The molecule has 0 amide bonds. The second-order valence-electron chi connectivity index (χ2n) is 5.59. The van der Waals surface area contributed by atoms with Crippen molar-refractivity contribution in [1.82, 2.24) is 4.90 Å². The van der Waals surface area contributed by atoms with Gasteiger partial charge in [-0.2, -0.15) is 0 Å². The van der Waals surface area contributed by atoms with Gasteiger partial charge in [0, 0.05) is 24.4 Å². The quantitative estimate of drug-likeness (QED) is 0.840. The van der Waals surface area contributed by atoms with Gasteiger partial charge in [-0.1, -0.05) is 38.1 Å². The first kappa shape index (κ1) is 11.6. The minimum absolute atomic E-state index is 0.133. The van der Waals surface area contributed by atoms with Gasteiger partial charge in [0.1, 0.15) is 0 Å². The lowest BCUT2D eigenvalue weighted by atomic mass is 9.82. The smallest absolute Gasteiger partial charge is 0.0522 e. The molecule has 0 atom stereocenters. The summed E-state index contributed by atoms with van der Waals surface area (Å²) in [6.45, 7) is 6.67. The maximum atomic E-state index is 9.38. The normalized spacial score (nSPS) is 18.5. The molecule has 0 unspecified atom stereocenters. The van der Waals surface area contributed by atoms with Gasteiger partial charge in [-0.25, -0.2) is 0 Å². The Balaban J connectivity index is 2.20. The summed E-state index contributed by atoms with van der Waals surface area (Å²) in [6.07, 6.45) is 0. The molecule has 2 heteroatoms. The van der Waals surface area contributed by atoms with Crippen LogP contribution in [0.5, 0.6) is 0 Å². The van der Waals surface area contributed by atoms with Gasteiger partial charge in [0.25, 0.3) is 0 Å². The van der Waals surface area contributed by atoms with Crippen molar-refractivity contribution >= 4 is 0 Å². The van der Waals surface area contributed by atoms with Gasteiger partial charge in [-0.05, 0) is 18.2 Å². The molecule has 2 rings (SSSR count). The highest BCUT2D eigenvalue weighted by Gasteiger charge is 2.26. The maximum absolute atomic E-state index is 9.38. The van der Waals surface area contributed by atoms with Crippen LogP contribution in [0.1, 0.15) is 30.9 Å². The second kappa shape index (κ2) is 4.19. The summed E-state index contributed by atoms with van der Waals surface area (Å²) in [5.41, 5.74) is 2.52. The Morgan fingerprint density at radius 3 is 2.62 bits per heavy atom. The van der Waals surface area contributed by atoms with Crippen LogP contribution >= 0.6 is 0 Å². The molecule has 0 saturated carbocycles. The number of nitrogens with zero attached hydrogens (tertiary/aromatic N) is 1. The predicted molar refractivity (Wildman–Crippen MR) is 66.8 cm³/mol. The summed E-state index contributed by atoms with van der Waals surface area (Å²) in [7, 11) is 2.15. The van der Waals surface area contributed by atoms with Crippen LogP contribution in [-0.2, 0) is 5.41 Å². The predicted octanol–water partition coefficient (Wildman–Crippen LogP) is 1.99. The summed E-state index contributed by atoms with van der Waals surface area (Å²) < 4.78 is 0. The van der Waals surface area contributed by atoms with E-state index in [2.05, 4.69) is 50.1 Å². The van der Waals surface area contributed by atoms with Crippen LogP contribution in [0.2, 0.25) is 0 Å². The molecule has 1 aliphatic heterocycles. The summed E-state index contributed by atoms with van der Waals surface area (Å²) in [5.74, 6) is 0.680. The zero-order valence-corrected chi connectivity index (χ0v) is 10.4. The molecule has 0 radical (unpaired) electrons. The van der Waals surface area contributed by atoms with Crippen molar-refractivity contribution < 1.29 is 5.11 Å². The molecule has 88 valence electrons. The molecule has 0 aromatic heterocycles. The van der Waals surface area contributed by atoms with E-state index in [1.807, 2.05) is 0 Å². The van der Waals surface area contributed by atoms with Crippen LogP contribution in [0, 0.1) is 0 Å². The first-order chi connectivity index (χ1) is 7.53. The Labute approximate surface area is 97.9 Å². The molecular weight excluding hydrogens is 198 g/mol. The lowest BCUT2D eigenvalue weighted by Crippen LogP contribution is -2.41. The average molecular weight is 219 g/mol. The molecule has 1 aromatic carbocycles. The lowest BCUT2D eigenvalue weighted by Gasteiger charge is -2.37. The highest BCUT2D eigenvalue weighted by Crippen LogP contribution is 2.29. The summed E-state index contributed by atoms with van der Waals surface area (Å²) >= 11 is 0. The van der Waals surface area contributed by atoms with Gasteiger partial charge < -0.3 is 10.0 Å². The van der Waals surface area contributed by atoms with Gasteiger partial charge in [-0.3, -0.25) is 0 Å². The van der Waals surface area contributed by atoms with E-state index in [0.717, 1.165) is 13.1 Å². The summed E-state index contributed by atoms with van der Waals surface area (Å²) in [5, 5.41) is 9.38. The number of benzene rings is 1. The summed E-state index contributed by atoms with van der Waals surface area (Å²) in [4.78, 5) is 2.33. The Hall–Kier alpha value is -0.860. The molecular formula is C14H21NO. The molecule has 1 saturated heterocycles. The van der Waals surface area contributed by atoms with Gasteiger partial charge in [0.15, 0.2) is 0 Å². The van der Waals surface area contributed by atoms with E-state index in [9.17, 15) is 5.11 Å². The third kappa shape index (κ3) is 2.13. The molecule has 1 aromatic rings. The molecule has 0 spiro atoms. The van der Waals surface area contributed by atoms with E-state index >= 15 is 0 Å². The molecule has 1 aliphatic rings. The van der Waals surface area contributed by atoms with E-state index in [1.165, 1.54) is 11.1 Å². The fourth-order valence-electron chi connectivity index (χ4n) is 2.21. The Morgan fingerprint density at radius 1 is 1.38 bits per heavy atom. The van der Waals surface area contributed by atoms with E-state index < -0.39 is 0 Å². The van der Waals surface area contributed by atoms with Crippen molar-refractivity contribution in [1.29, 1.82) is 0 Å². The summed E-state index contributed by atoms with van der Waals surface area (Å²) in [6, 6.07) is 8.69. The number of aliphatic hydroxyl groups is 1. The second-order valence-corrected chi connectivity index (χ2v) is 5.59. The number of likely N-dealkylation sites (N-methyl/N-ethyl adjacent to an activating group) is 1. The Morgan fingerprint density at radius 2 is 2.06 bits per heavy atom. The molecule has 1 fully saturated rings. The van der Waals surface area contributed by atoms with Crippen LogP contribution in [0.25, 0.3) is 0 Å². The Kier molecular flexibility index (Phi) is 3.04. The number of hydrogen-bond acceptors (Lipinski definition) is 2. The van der Waals surface area contributed by atoms with Crippen LogP contribution in [0.4, 0.5) is 0 Å². The van der Waals surface area contributed by atoms with Gasteiger partial charge >= 0.3 is 0 Å². The van der Waals surface area contributed by atoms with Gasteiger partial charge in [0.05, 0.1) is 6.61 Å². The lowest BCUT2D eigenvalue weighted by molar-refractivity contribution is 0.189. The highest BCUT2D eigenvalue weighted by atomic mass is 16.3. The van der Waals surface area contributed by atoms with E-state index in [4.69, 9.17) is 0 Å². The SMILES string of the molecule is CN1CC(c2cccc(C(C)(C)CO)c2)C1. The first-order valence-corrected chi connectivity index (χ1v) is 5.93. The van der Waals surface area contributed by atoms with Gasteiger partial charge in [-0.15, -0.1) is 0 Å². The standard InChI is InChI=1S/C14H21NO/c1-14(2,10-16)13-6-4-5-11(7-13)12-8-15(3)9-12/h4-7,12,16H,8-10H2,1-3H3. The van der Waals surface area contributed by atoms with E-state index in [1.54, 1.807) is 0 Å². The minimum atomic E-state index is -0.133. The maximum Gasteiger partial charge on any atom is 0.0522 e. The zero-order valence-electron chi connectivity index (χ0n) is 10.4. The fraction of sp³-hybridized carbons (Fsp3) is 0.571. The first-order valence-electron chi connectivity index (χ1n) is 5.93. The molecule has 16 heavy (non-hydrogen) atoms. The molecule has 0 aliphatic carbocycles. The minimum Gasteiger partial charge on any atom is -0.395 e. The van der Waals surface area contributed by atoms with Crippen molar-refractivity contribution in [2.75, 3.05) is 26.7 Å². The number of hydrogen-bond donors (Lipinski definition) is 1. The average Bonchev–Trinajstić information content (AvgIpc) is 2.25. The van der Waals surface area contributed by atoms with Gasteiger partial charge in [0.2, 0.25) is 0 Å². The van der Waals surface area contributed by atoms with Crippen LogP contribution in [0.15, 0.2) is 24.3 Å². The van der Waals surface area contributed by atoms with Crippen LogP contribution in [0.3, 0.4) is 0 Å².